The molecule has 0 radical (unpaired) electrons. The van der Waals surface area contributed by atoms with E-state index in [1.54, 1.807) is 28.4 Å². The Bertz CT molecular complexity index is 1110. The van der Waals surface area contributed by atoms with E-state index in [0.717, 1.165) is 16.1 Å². The summed E-state index contributed by atoms with van der Waals surface area (Å²) in [5.41, 5.74) is 2.91. The number of hydrogen-bond donors (Lipinski definition) is 1. The minimum atomic E-state index is -0.411. The standard InChI is InChI=1S/C24H22N2O4S/c1-15-4-6-16(7-5-15)23(21-3-2-10-31-21)25-24(28)17-11-22(27)26(13-17)18-8-9-19-20(12-18)30-14-29-19/h2-10,12,17,23H,11,13-14H2,1H3,(H,25,28)/t17-,23-/m0/s1. The third-order valence-corrected chi connectivity index (χ3v) is 6.63. The third-order valence-electron chi connectivity index (χ3n) is 5.69. The highest BCUT2D eigenvalue weighted by molar-refractivity contribution is 7.10. The number of fused-ring (bicyclic) bond motifs is 1. The Morgan fingerprint density at radius 1 is 1.13 bits per heavy atom. The second kappa shape index (κ2) is 8.07. The molecule has 3 aromatic rings. The van der Waals surface area contributed by atoms with Crippen molar-refractivity contribution < 1.29 is 19.1 Å². The van der Waals surface area contributed by atoms with E-state index in [2.05, 4.69) is 5.32 Å². The number of nitrogens with one attached hydrogen (secondary N) is 1. The van der Waals surface area contributed by atoms with Crippen LogP contribution in [-0.2, 0) is 9.59 Å². The normalized spacial score (nSPS) is 18.3. The molecule has 2 amide bonds. The van der Waals surface area contributed by atoms with Gasteiger partial charge in [0.25, 0.3) is 0 Å². The van der Waals surface area contributed by atoms with Gasteiger partial charge in [-0.2, -0.15) is 0 Å². The molecule has 2 aliphatic heterocycles. The van der Waals surface area contributed by atoms with E-state index in [-0.39, 0.29) is 31.1 Å². The number of amides is 2. The molecule has 2 aliphatic rings. The highest BCUT2D eigenvalue weighted by atomic mass is 32.1. The molecule has 7 heteroatoms. The van der Waals surface area contributed by atoms with Crippen LogP contribution in [0.5, 0.6) is 11.5 Å². The number of nitrogens with zero attached hydrogens (tertiary/aromatic N) is 1. The summed E-state index contributed by atoms with van der Waals surface area (Å²) in [6.07, 6.45) is 0.186. The van der Waals surface area contributed by atoms with E-state index < -0.39 is 5.92 Å². The first-order valence-electron chi connectivity index (χ1n) is 10.2. The quantitative estimate of drug-likeness (QED) is 0.658. The topological polar surface area (TPSA) is 67.9 Å². The zero-order valence-corrected chi connectivity index (χ0v) is 17.9. The summed E-state index contributed by atoms with van der Waals surface area (Å²) in [5, 5.41) is 5.18. The average Bonchev–Trinajstić information content (AvgIpc) is 3.53. The molecular weight excluding hydrogens is 412 g/mol. The fourth-order valence-electron chi connectivity index (χ4n) is 3.98. The number of carbonyl (C=O) groups is 2. The molecule has 1 N–H and O–H groups in total. The smallest absolute Gasteiger partial charge is 0.231 e. The molecule has 1 aromatic heterocycles. The van der Waals surface area contributed by atoms with Gasteiger partial charge in [-0.05, 0) is 36.1 Å². The molecule has 1 saturated heterocycles. The lowest BCUT2D eigenvalue weighted by atomic mass is 10.0. The fourth-order valence-corrected chi connectivity index (χ4v) is 4.78. The molecule has 0 unspecified atom stereocenters. The first-order chi connectivity index (χ1) is 15.1. The van der Waals surface area contributed by atoms with Crippen LogP contribution in [0.2, 0.25) is 0 Å². The fraction of sp³-hybridized carbons (Fsp3) is 0.250. The molecule has 0 bridgehead atoms. The molecule has 1 fully saturated rings. The number of benzene rings is 2. The van der Waals surface area contributed by atoms with Gasteiger partial charge in [-0.15, -0.1) is 11.3 Å². The molecule has 5 rings (SSSR count). The highest BCUT2D eigenvalue weighted by Gasteiger charge is 2.36. The van der Waals surface area contributed by atoms with Gasteiger partial charge in [-0.3, -0.25) is 9.59 Å². The Hall–Kier alpha value is -3.32. The maximum absolute atomic E-state index is 13.2. The van der Waals surface area contributed by atoms with Crippen LogP contribution in [0.3, 0.4) is 0 Å². The van der Waals surface area contributed by atoms with E-state index in [9.17, 15) is 9.59 Å². The number of anilines is 1. The molecule has 0 saturated carbocycles. The van der Waals surface area contributed by atoms with Crippen molar-refractivity contribution in [3.8, 4) is 11.5 Å². The number of rotatable bonds is 5. The maximum atomic E-state index is 13.2. The van der Waals surface area contributed by atoms with E-state index >= 15 is 0 Å². The van der Waals surface area contributed by atoms with Gasteiger partial charge in [0.1, 0.15) is 0 Å². The van der Waals surface area contributed by atoms with E-state index in [1.807, 2.05) is 54.8 Å². The van der Waals surface area contributed by atoms with Gasteiger partial charge >= 0.3 is 0 Å². The molecule has 6 nitrogen and oxygen atoms in total. The minimum absolute atomic E-state index is 0.0676. The van der Waals surface area contributed by atoms with Crippen molar-refractivity contribution in [3.05, 3.63) is 76.0 Å². The van der Waals surface area contributed by atoms with E-state index in [0.29, 0.717) is 18.0 Å². The number of ether oxygens (including phenoxy) is 2. The van der Waals surface area contributed by atoms with Gasteiger partial charge in [0.05, 0.1) is 12.0 Å². The van der Waals surface area contributed by atoms with Gasteiger partial charge in [0.15, 0.2) is 11.5 Å². The van der Waals surface area contributed by atoms with Crippen LogP contribution >= 0.6 is 11.3 Å². The third kappa shape index (κ3) is 3.88. The predicted octanol–water partition coefficient (Wildman–Crippen LogP) is 4.04. The Labute approximate surface area is 184 Å². The van der Waals surface area contributed by atoms with Crippen LogP contribution in [0.4, 0.5) is 5.69 Å². The molecule has 31 heavy (non-hydrogen) atoms. The summed E-state index contributed by atoms with van der Waals surface area (Å²) in [4.78, 5) is 28.6. The number of carbonyl (C=O) groups excluding carboxylic acids is 2. The summed E-state index contributed by atoms with van der Waals surface area (Å²) in [5.74, 6) is 0.695. The lowest BCUT2D eigenvalue weighted by Gasteiger charge is -2.21. The molecule has 158 valence electrons. The maximum Gasteiger partial charge on any atom is 0.231 e. The lowest BCUT2D eigenvalue weighted by molar-refractivity contribution is -0.126. The summed E-state index contributed by atoms with van der Waals surface area (Å²) in [6, 6.07) is 17.4. The number of aryl methyl sites for hydroxylation is 1. The van der Waals surface area contributed by atoms with E-state index in [1.165, 1.54) is 5.56 Å². The van der Waals surface area contributed by atoms with Crippen molar-refractivity contribution in [2.75, 3.05) is 18.2 Å². The minimum Gasteiger partial charge on any atom is -0.454 e. The SMILES string of the molecule is Cc1ccc([C@H](NC(=O)[C@H]2CC(=O)N(c3ccc4c(c3)OCO4)C2)c2cccs2)cc1. The van der Waals surface area contributed by atoms with Crippen molar-refractivity contribution in [2.45, 2.75) is 19.4 Å². The zero-order valence-electron chi connectivity index (χ0n) is 17.0. The van der Waals surface area contributed by atoms with Crippen molar-refractivity contribution >= 4 is 28.8 Å². The number of thiophene rings is 1. The second-order valence-electron chi connectivity index (χ2n) is 7.81. The van der Waals surface area contributed by atoms with E-state index in [4.69, 9.17) is 9.47 Å². The monoisotopic (exact) mass is 434 g/mol. The highest BCUT2D eigenvalue weighted by Crippen LogP contribution is 2.37. The van der Waals surface area contributed by atoms with Crippen LogP contribution in [0, 0.1) is 12.8 Å². The van der Waals surface area contributed by atoms with Gasteiger partial charge < -0.3 is 19.7 Å². The van der Waals surface area contributed by atoms with Crippen LogP contribution in [0.15, 0.2) is 60.0 Å². The van der Waals surface area contributed by atoms with Gasteiger partial charge in [-0.1, -0.05) is 35.9 Å². The van der Waals surface area contributed by atoms with Crippen molar-refractivity contribution in [1.82, 2.24) is 5.32 Å². The molecular formula is C24H22N2O4S. The van der Waals surface area contributed by atoms with Crippen molar-refractivity contribution in [3.63, 3.8) is 0 Å². The van der Waals surface area contributed by atoms with Gasteiger partial charge in [0, 0.05) is 29.6 Å². The Kier molecular flexibility index (Phi) is 5.11. The Morgan fingerprint density at radius 2 is 1.94 bits per heavy atom. The van der Waals surface area contributed by atoms with Crippen molar-refractivity contribution in [1.29, 1.82) is 0 Å². The van der Waals surface area contributed by atoms with Gasteiger partial charge in [-0.25, -0.2) is 0 Å². The Balaban J connectivity index is 1.33. The first-order valence-corrected chi connectivity index (χ1v) is 11.1. The zero-order chi connectivity index (χ0) is 21.4. The van der Waals surface area contributed by atoms with Crippen LogP contribution in [0.25, 0.3) is 0 Å². The largest absolute Gasteiger partial charge is 0.454 e. The summed E-state index contributed by atoms with van der Waals surface area (Å²) < 4.78 is 10.8. The Morgan fingerprint density at radius 3 is 2.71 bits per heavy atom. The lowest BCUT2D eigenvalue weighted by Crippen LogP contribution is -2.35. The average molecular weight is 435 g/mol. The molecule has 0 spiro atoms. The summed E-state index contributed by atoms with van der Waals surface area (Å²) in [7, 11) is 0. The summed E-state index contributed by atoms with van der Waals surface area (Å²) in [6.45, 7) is 2.56. The van der Waals surface area contributed by atoms with Crippen LogP contribution < -0.4 is 19.7 Å². The summed E-state index contributed by atoms with van der Waals surface area (Å²) >= 11 is 1.61. The van der Waals surface area contributed by atoms with Gasteiger partial charge in [0.2, 0.25) is 18.6 Å². The predicted molar refractivity (Wildman–Crippen MR) is 119 cm³/mol. The first kappa shape index (κ1) is 19.6. The molecule has 3 heterocycles. The number of hydrogen-bond acceptors (Lipinski definition) is 5. The molecule has 2 atom stereocenters. The van der Waals surface area contributed by atoms with Crippen LogP contribution in [0.1, 0.15) is 28.5 Å². The molecule has 0 aliphatic carbocycles. The van der Waals surface area contributed by atoms with Crippen LogP contribution in [-0.4, -0.2) is 25.2 Å². The molecule has 2 aromatic carbocycles. The van der Waals surface area contributed by atoms with Crippen molar-refractivity contribution in [2.24, 2.45) is 5.92 Å². The second-order valence-corrected chi connectivity index (χ2v) is 8.79.